The molecule has 3 aromatic rings. The smallest absolute Gasteiger partial charge is 0.267 e. The molecular formula is C21H17FN2O4S. The fourth-order valence-corrected chi connectivity index (χ4v) is 3.95. The number of rotatable bonds is 5. The third kappa shape index (κ3) is 5.05. The van der Waals surface area contributed by atoms with Crippen LogP contribution in [0, 0.1) is 5.82 Å². The van der Waals surface area contributed by atoms with Gasteiger partial charge in [0.25, 0.3) is 11.8 Å². The number of carbonyl (C=O) groups is 2. The maximum atomic E-state index is 13.6. The van der Waals surface area contributed by atoms with Crippen LogP contribution in [-0.2, 0) is 15.6 Å². The summed E-state index contributed by atoms with van der Waals surface area (Å²) < 4.78 is 38.4. The Balaban J connectivity index is 1.62. The lowest BCUT2D eigenvalue weighted by Gasteiger charge is -2.09. The zero-order valence-corrected chi connectivity index (χ0v) is 15.9. The molecule has 2 N–H and O–H groups in total. The molecule has 0 aliphatic rings. The van der Waals surface area contributed by atoms with Crippen LogP contribution in [0.1, 0.15) is 26.3 Å². The van der Waals surface area contributed by atoms with Crippen molar-refractivity contribution in [2.75, 3.05) is 0 Å². The first-order valence-corrected chi connectivity index (χ1v) is 10.2. The topological polar surface area (TPSA) is 92.3 Å². The summed E-state index contributed by atoms with van der Waals surface area (Å²) in [5.41, 5.74) is 4.86. The number of hydrogen-bond donors (Lipinski definition) is 2. The van der Waals surface area contributed by atoms with E-state index in [-0.39, 0.29) is 21.8 Å². The van der Waals surface area contributed by atoms with Gasteiger partial charge in [-0.15, -0.1) is 0 Å². The van der Waals surface area contributed by atoms with Crippen molar-refractivity contribution >= 4 is 21.7 Å². The SMILES string of the molecule is O=C(NNC(=O)c1ccccc1F)c1ccc(CS(=O)(=O)c2ccccc2)cc1. The Hall–Kier alpha value is -3.52. The fraction of sp³-hybridized carbons (Fsp3) is 0.0476. The molecule has 0 heterocycles. The average Bonchev–Trinajstić information content (AvgIpc) is 2.73. The van der Waals surface area contributed by atoms with E-state index >= 15 is 0 Å². The summed E-state index contributed by atoms with van der Waals surface area (Å²) in [5, 5.41) is 0. The first-order chi connectivity index (χ1) is 13.9. The zero-order valence-electron chi connectivity index (χ0n) is 15.1. The molecule has 3 rings (SSSR count). The van der Waals surface area contributed by atoms with E-state index in [0.29, 0.717) is 5.56 Å². The molecule has 0 fully saturated rings. The van der Waals surface area contributed by atoms with E-state index in [4.69, 9.17) is 0 Å². The largest absolute Gasteiger partial charge is 0.272 e. The molecule has 0 unspecified atom stereocenters. The molecule has 0 atom stereocenters. The van der Waals surface area contributed by atoms with Crippen molar-refractivity contribution < 1.29 is 22.4 Å². The molecule has 0 spiro atoms. The Labute approximate surface area is 167 Å². The third-order valence-corrected chi connectivity index (χ3v) is 5.79. The Morgan fingerprint density at radius 3 is 2.00 bits per heavy atom. The molecule has 0 saturated carbocycles. The van der Waals surface area contributed by atoms with E-state index in [1.807, 2.05) is 0 Å². The molecule has 2 amide bonds. The summed E-state index contributed by atoms with van der Waals surface area (Å²) in [4.78, 5) is 24.3. The van der Waals surface area contributed by atoms with E-state index in [0.717, 1.165) is 6.07 Å². The second-order valence-electron chi connectivity index (χ2n) is 6.16. The maximum Gasteiger partial charge on any atom is 0.272 e. The molecule has 3 aromatic carbocycles. The molecule has 0 aliphatic heterocycles. The van der Waals surface area contributed by atoms with Gasteiger partial charge in [0.1, 0.15) is 5.82 Å². The normalized spacial score (nSPS) is 10.9. The van der Waals surface area contributed by atoms with E-state index in [2.05, 4.69) is 10.9 Å². The Bertz CT molecular complexity index is 1130. The van der Waals surface area contributed by atoms with Crippen LogP contribution in [0.5, 0.6) is 0 Å². The highest BCUT2D eigenvalue weighted by atomic mass is 32.2. The van der Waals surface area contributed by atoms with Gasteiger partial charge < -0.3 is 0 Å². The predicted octanol–water partition coefficient (Wildman–Crippen LogP) is 2.87. The second kappa shape index (κ2) is 8.66. The average molecular weight is 412 g/mol. The van der Waals surface area contributed by atoms with Crippen LogP contribution in [-0.4, -0.2) is 20.2 Å². The monoisotopic (exact) mass is 412 g/mol. The van der Waals surface area contributed by atoms with Gasteiger partial charge in [-0.1, -0.05) is 42.5 Å². The Morgan fingerprint density at radius 2 is 1.34 bits per heavy atom. The van der Waals surface area contributed by atoms with Crippen LogP contribution in [0.4, 0.5) is 4.39 Å². The van der Waals surface area contributed by atoms with Gasteiger partial charge in [0.15, 0.2) is 9.84 Å². The summed E-state index contributed by atoms with van der Waals surface area (Å²) >= 11 is 0. The summed E-state index contributed by atoms with van der Waals surface area (Å²) in [5.74, 6) is -2.32. The Kier molecular flexibility index (Phi) is 6.04. The maximum absolute atomic E-state index is 13.6. The highest BCUT2D eigenvalue weighted by Gasteiger charge is 2.16. The lowest BCUT2D eigenvalue weighted by atomic mass is 10.1. The molecule has 8 heteroatoms. The van der Waals surface area contributed by atoms with Gasteiger partial charge in [-0.25, -0.2) is 12.8 Å². The number of nitrogens with one attached hydrogen (secondary N) is 2. The highest BCUT2D eigenvalue weighted by Crippen LogP contribution is 2.16. The van der Waals surface area contributed by atoms with Gasteiger partial charge in [0.2, 0.25) is 0 Å². The number of carbonyl (C=O) groups excluding carboxylic acids is 2. The molecular weight excluding hydrogens is 395 g/mol. The van der Waals surface area contributed by atoms with Crippen LogP contribution < -0.4 is 10.9 Å². The van der Waals surface area contributed by atoms with Crippen molar-refractivity contribution in [3.05, 3.63) is 101 Å². The minimum absolute atomic E-state index is 0.200. The molecule has 0 aromatic heterocycles. The van der Waals surface area contributed by atoms with Crippen LogP contribution in [0.3, 0.4) is 0 Å². The standard InChI is InChI=1S/C21H17FN2O4S/c22-19-9-5-4-8-18(19)21(26)24-23-20(25)16-12-10-15(11-13-16)14-29(27,28)17-6-2-1-3-7-17/h1-13H,14H2,(H,23,25)(H,24,26). The van der Waals surface area contributed by atoms with Gasteiger partial charge in [-0.05, 0) is 42.0 Å². The summed E-state index contributed by atoms with van der Waals surface area (Å²) in [6.45, 7) is 0. The van der Waals surface area contributed by atoms with Crippen LogP contribution in [0.2, 0.25) is 0 Å². The second-order valence-corrected chi connectivity index (χ2v) is 8.15. The fourth-order valence-electron chi connectivity index (χ4n) is 2.58. The van der Waals surface area contributed by atoms with Gasteiger partial charge in [0.05, 0.1) is 16.2 Å². The van der Waals surface area contributed by atoms with Gasteiger partial charge in [0, 0.05) is 5.56 Å². The van der Waals surface area contributed by atoms with Crippen molar-refractivity contribution in [2.45, 2.75) is 10.6 Å². The molecule has 0 radical (unpaired) electrons. The van der Waals surface area contributed by atoms with Gasteiger partial charge in [-0.3, -0.25) is 20.4 Å². The molecule has 0 aliphatic carbocycles. The summed E-state index contributed by atoms with van der Waals surface area (Å²) in [7, 11) is -3.50. The van der Waals surface area contributed by atoms with Crippen molar-refractivity contribution in [3.8, 4) is 0 Å². The zero-order chi connectivity index (χ0) is 20.9. The number of sulfone groups is 1. The molecule has 29 heavy (non-hydrogen) atoms. The van der Waals surface area contributed by atoms with E-state index in [1.54, 1.807) is 18.2 Å². The number of amides is 2. The summed E-state index contributed by atoms with van der Waals surface area (Å²) in [6.07, 6.45) is 0. The first kappa shape index (κ1) is 20.2. The lowest BCUT2D eigenvalue weighted by molar-refractivity contribution is 0.0844. The first-order valence-electron chi connectivity index (χ1n) is 8.59. The minimum Gasteiger partial charge on any atom is -0.267 e. The third-order valence-electron chi connectivity index (χ3n) is 4.08. The van der Waals surface area contributed by atoms with Crippen LogP contribution in [0.25, 0.3) is 0 Å². The summed E-state index contributed by atoms with van der Waals surface area (Å²) in [6, 6.07) is 19.4. The highest BCUT2D eigenvalue weighted by molar-refractivity contribution is 7.90. The van der Waals surface area contributed by atoms with Crippen molar-refractivity contribution in [3.63, 3.8) is 0 Å². The number of halogens is 1. The lowest BCUT2D eigenvalue weighted by Crippen LogP contribution is -2.41. The van der Waals surface area contributed by atoms with E-state index in [1.165, 1.54) is 54.6 Å². The van der Waals surface area contributed by atoms with Gasteiger partial charge in [-0.2, -0.15) is 0 Å². The van der Waals surface area contributed by atoms with Crippen molar-refractivity contribution in [2.24, 2.45) is 0 Å². The number of benzene rings is 3. The van der Waals surface area contributed by atoms with Crippen molar-refractivity contribution in [1.82, 2.24) is 10.9 Å². The quantitative estimate of drug-likeness (QED) is 0.631. The van der Waals surface area contributed by atoms with Crippen molar-refractivity contribution in [1.29, 1.82) is 0 Å². The predicted molar refractivity (Wildman–Crippen MR) is 105 cm³/mol. The minimum atomic E-state index is -3.50. The molecule has 6 nitrogen and oxygen atoms in total. The molecule has 148 valence electrons. The Morgan fingerprint density at radius 1 is 0.759 bits per heavy atom. The van der Waals surface area contributed by atoms with E-state index in [9.17, 15) is 22.4 Å². The number of hydrogen-bond acceptors (Lipinski definition) is 4. The van der Waals surface area contributed by atoms with Crippen LogP contribution in [0.15, 0.2) is 83.8 Å². The molecule has 0 bridgehead atoms. The molecule has 0 saturated heterocycles. The van der Waals surface area contributed by atoms with Gasteiger partial charge >= 0.3 is 0 Å². The number of hydrazine groups is 1. The van der Waals surface area contributed by atoms with E-state index < -0.39 is 27.5 Å². The van der Waals surface area contributed by atoms with Crippen LogP contribution >= 0.6 is 0 Å².